The van der Waals surface area contributed by atoms with E-state index in [0.29, 0.717) is 10.6 Å². The monoisotopic (exact) mass is 292 g/mol. The summed E-state index contributed by atoms with van der Waals surface area (Å²) in [5.74, 6) is 0.818. The van der Waals surface area contributed by atoms with Gasteiger partial charge in [0.25, 0.3) is 0 Å². The van der Waals surface area contributed by atoms with Gasteiger partial charge >= 0.3 is 0 Å². The van der Waals surface area contributed by atoms with Crippen LogP contribution >= 0.6 is 23.4 Å². The minimum Gasteiger partial charge on any atom is -0.497 e. The number of amidine groups is 1. The van der Waals surface area contributed by atoms with Crippen LogP contribution in [0.4, 0.5) is 0 Å². The molecule has 0 aromatic heterocycles. The van der Waals surface area contributed by atoms with Crippen LogP contribution in [-0.4, -0.2) is 12.9 Å². The molecular formula is C14H13ClN2OS. The van der Waals surface area contributed by atoms with E-state index in [1.54, 1.807) is 19.2 Å². The van der Waals surface area contributed by atoms with Crippen LogP contribution in [0.5, 0.6) is 5.75 Å². The first kappa shape index (κ1) is 13.8. The Balaban J connectivity index is 2.36. The molecule has 0 spiro atoms. The largest absolute Gasteiger partial charge is 0.497 e. The van der Waals surface area contributed by atoms with Crippen LogP contribution in [0.3, 0.4) is 0 Å². The van der Waals surface area contributed by atoms with Crippen LogP contribution in [0.25, 0.3) is 0 Å². The fourth-order valence-corrected chi connectivity index (χ4v) is 2.88. The molecule has 0 bridgehead atoms. The first-order valence-electron chi connectivity index (χ1n) is 5.56. The number of hydrogen-bond acceptors (Lipinski definition) is 3. The lowest BCUT2D eigenvalue weighted by molar-refractivity contribution is 0.413. The molecule has 0 radical (unpaired) electrons. The molecule has 0 atom stereocenters. The van der Waals surface area contributed by atoms with Crippen molar-refractivity contribution in [2.24, 2.45) is 5.73 Å². The number of nitrogens with one attached hydrogen (secondary N) is 1. The Bertz CT molecular complexity index is 616. The number of methoxy groups -OCH3 is 1. The van der Waals surface area contributed by atoms with Crippen LogP contribution in [-0.2, 0) is 0 Å². The average Bonchev–Trinajstić information content (AvgIpc) is 2.38. The van der Waals surface area contributed by atoms with Crippen LogP contribution in [0.2, 0.25) is 5.02 Å². The van der Waals surface area contributed by atoms with Gasteiger partial charge in [-0.2, -0.15) is 0 Å². The maximum Gasteiger partial charge on any atom is 0.123 e. The summed E-state index contributed by atoms with van der Waals surface area (Å²) in [5.41, 5.74) is 6.25. The number of hydrogen-bond donors (Lipinski definition) is 2. The van der Waals surface area contributed by atoms with Gasteiger partial charge in [0.15, 0.2) is 0 Å². The minimum atomic E-state index is 0.0297. The fourth-order valence-electron chi connectivity index (χ4n) is 1.59. The molecule has 0 saturated heterocycles. The molecule has 2 aromatic carbocycles. The van der Waals surface area contributed by atoms with E-state index in [1.165, 1.54) is 11.8 Å². The van der Waals surface area contributed by atoms with Crippen molar-refractivity contribution in [2.45, 2.75) is 9.79 Å². The van der Waals surface area contributed by atoms with Gasteiger partial charge in [0.1, 0.15) is 11.6 Å². The third-order valence-electron chi connectivity index (χ3n) is 2.50. The maximum atomic E-state index is 7.59. The molecule has 0 fully saturated rings. The van der Waals surface area contributed by atoms with Crippen molar-refractivity contribution in [3.05, 3.63) is 53.1 Å². The van der Waals surface area contributed by atoms with Crippen molar-refractivity contribution < 1.29 is 4.74 Å². The van der Waals surface area contributed by atoms with Crippen LogP contribution in [0.1, 0.15) is 5.56 Å². The van der Waals surface area contributed by atoms with Gasteiger partial charge in [0.2, 0.25) is 0 Å². The summed E-state index contributed by atoms with van der Waals surface area (Å²) >= 11 is 7.50. The summed E-state index contributed by atoms with van der Waals surface area (Å²) in [6, 6.07) is 13.0. The molecule has 0 aliphatic carbocycles. The molecule has 2 aromatic rings. The topological polar surface area (TPSA) is 59.1 Å². The highest BCUT2D eigenvalue weighted by molar-refractivity contribution is 7.99. The predicted octanol–water partition coefficient (Wildman–Crippen LogP) is 3.78. The molecule has 0 heterocycles. The SMILES string of the molecule is COc1cccc(Sc2cc(Cl)ccc2C(=N)N)c1. The van der Waals surface area contributed by atoms with E-state index in [1.807, 2.05) is 30.3 Å². The van der Waals surface area contributed by atoms with E-state index in [2.05, 4.69) is 0 Å². The number of nitrogens with two attached hydrogens (primary N) is 1. The number of nitrogen functional groups attached to an aromatic ring is 1. The maximum absolute atomic E-state index is 7.59. The number of benzene rings is 2. The molecule has 98 valence electrons. The molecule has 0 aliphatic heterocycles. The Hall–Kier alpha value is -1.65. The first-order chi connectivity index (χ1) is 9.10. The lowest BCUT2D eigenvalue weighted by atomic mass is 10.2. The zero-order valence-electron chi connectivity index (χ0n) is 10.3. The van der Waals surface area contributed by atoms with Gasteiger partial charge in [-0.05, 0) is 36.4 Å². The zero-order chi connectivity index (χ0) is 13.8. The van der Waals surface area contributed by atoms with Crippen molar-refractivity contribution >= 4 is 29.2 Å². The smallest absolute Gasteiger partial charge is 0.123 e. The first-order valence-corrected chi connectivity index (χ1v) is 6.75. The van der Waals surface area contributed by atoms with Gasteiger partial charge in [-0.3, -0.25) is 5.41 Å². The Labute approximate surface area is 121 Å². The highest BCUT2D eigenvalue weighted by Gasteiger charge is 2.08. The summed E-state index contributed by atoms with van der Waals surface area (Å²) in [6.07, 6.45) is 0. The highest BCUT2D eigenvalue weighted by atomic mass is 35.5. The molecule has 3 nitrogen and oxygen atoms in total. The molecule has 19 heavy (non-hydrogen) atoms. The lowest BCUT2D eigenvalue weighted by Crippen LogP contribution is -2.12. The summed E-state index contributed by atoms with van der Waals surface area (Å²) < 4.78 is 5.19. The predicted molar refractivity (Wildman–Crippen MR) is 79.6 cm³/mol. The fraction of sp³-hybridized carbons (Fsp3) is 0.0714. The second-order valence-corrected chi connectivity index (χ2v) is 5.39. The third-order valence-corrected chi connectivity index (χ3v) is 3.79. The Morgan fingerprint density at radius 1 is 1.26 bits per heavy atom. The van der Waals surface area contributed by atoms with Gasteiger partial charge in [-0.15, -0.1) is 0 Å². The van der Waals surface area contributed by atoms with Crippen molar-refractivity contribution in [2.75, 3.05) is 7.11 Å². The van der Waals surface area contributed by atoms with E-state index in [0.717, 1.165) is 15.5 Å². The van der Waals surface area contributed by atoms with Crippen molar-refractivity contribution in [1.29, 1.82) is 5.41 Å². The molecule has 0 amide bonds. The minimum absolute atomic E-state index is 0.0297. The van der Waals surface area contributed by atoms with Gasteiger partial charge in [-0.1, -0.05) is 29.4 Å². The second-order valence-electron chi connectivity index (χ2n) is 3.84. The van der Waals surface area contributed by atoms with E-state index >= 15 is 0 Å². The third kappa shape index (κ3) is 3.43. The van der Waals surface area contributed by atoms with E-state index in [-0.39, 0.29) is 5.84 Å². The quantitative estimate of drug-likeness (QED) is 0.666. The number of ether oxygens (including phenoxy) is 1. The van der Waals surface area contributed by atoms with E-state index < -0.39 is 0 Å². The Morgan fingerprint density at radius 2 is 2.05 bits per heavy atom. The Kier molecular flexibility index (Phi) is 4.35. The number of rotatable bonds is 4. The van der Waals surface area contributed by atoms with Gasteiger partial charge in [0.05, 0.1) is 7.11 Å². The van der Waals surface area contributed by atoms with Gasteiger partial charge in [-0.25, -0.2) is 0 Å². The summed E-state index contributed by atoms with van der Waals surface area (Å²) in [5, 5.41) is 8.21. The van der Waals surface area contributed by atoms with Crippen molar-refractivity contribution in [3.8, 4) is 5.75 Å². The Morgan fingerprint density at radius 3 is 2.74 bits per heavy atom. The van der Waals surface area contributed by atoms with Crippen LogP contribution < -0.4 is 10.5 Å². The molecule has 5 heteroatoms. The van der Waals surface area contributed by atoms with Gasteiger partial charge < -0.3 is 10.5 Å². The molecule has 3 N–H and O–H groups in total. The van der Waals surface area contributed by atoms with Crippen molar-refractivity contribution in [1.82, 2.24) is 0 Å². The zero-order valence-corrected chi connectivity index (χ0v) is 11.9. The van der Waals surface area contributed by atoms with Crippen LogP contribution in [0.15, 0.2) is 52.3 Å². The molecule has 2 rings (SSSR count). The van der Waals surface area contributed by atoms with E-state index in [9.17, 15) is 0 Å². The lowest BCUT2D eigenvalue weighted by Gasteiger charge is -2.09. The molecule has 0 saturated carbocycles. The molecule has 0 aliphatic rings. The standard InChI is InChI=1S/C14H13ClN2OS/c1-18-10-3-2-4-11(8-10)19-13-7-9(15)5-6-12(13)14(16)17/h2-8H,1H3,(H3,16,17). The van der Waals surface area contributed by atoms with Crippen molar-refractivity contribution in [3.63, 3.8) is 0 Å². The average molecular weight is 293 g/mol. The normalized spacial score (nSPS) is 10.2. The summed E-state index contributed by atoms with van der Waals surface area (Å²) in [7, 11) is 1.63. The molecule has 0 unspecified atom stereocenters. The van der Waals surface area contributed by atoms with Gasteiger partial charge in [0, 0.05) is 20.4 Å². The second kappa shape index (κ2) is 5.99. The summed E-state index contributed by atoms with van der Waals surface area (Å²) in [6.45, 7) is 0. The van der Waals surface area contributed by atoms with E-state index in [4.69, 9.17) is 27.5 Å². The molecular weight excluding hydrogens is 280 g/mol. The summed E-state index contributed by atoms with van der Waals surface area (Å²) in [4.78, 5) is 1.86. The number of halogens is 1. The van der Waals surface area contributed by atoms with Crippen LogP contribution in [0, 0.1) is 5.41 Å². The highest BCUT2D eigenvalue weighted by Crippen LogP contribution is 2.33.